The van der Waals surface area contributed by atoms with E-state index >= 15 is 0 Å². The summed E-state index contributed by atoms with van der Waals surface area (Å²) in [6.45, 7) is 10.0. The molecule has 0 atom stereocenters. The number of quaternary nitrogens is 4. The van der Waals surface area contributed by atoms with Crippen LogP contribution < -0.4 is 49.6 Å². The molecular weight excluding hydrogens is 550 g/mol. The highest BCUT2D eigenvalue weighted by molar-refractivity contribution is 7.80. The third-order valence-electron chi connectivity index (χ3n) is 8.38. The molecule has 6 aliphatic rings. The summed E-state index contributed by atoms with van der Waals surface area (Å²) in [5, 5.41) is 0. The summed E-state index contributed by atoms with van der Waals surface area (Å²) >= 11 is 0. The lowest BCUT2D eigenvalue weighted by Gasteiger charge is -2.53. The zero-order chi connectivity index (χ0) is 20.3. The van der Waals surface area contributed by atoms with Gasteiger partial charge in [0.25, 0.3) is 0 Å². The Kier molecular flexibility index (Phi) is 11.1. The van der Waals surface area contributed by atoms with Crippen LogP contribution in [0.1, 0.15) is 12.8 Å². The van der Waals surface area contributed by atoms with E-state index in [0.717, 1.165) is 74.2 Å². The predicted molar refractivity (Wildman–Crippen MR) is 102 cm³/mol. The van der Waals surface area contributed by atoms with Gasteiger partial charge in [0.1, 0.15) is 78.5 Å². The smallest absolute Gasteiger partial charge is 0.433 e. The van der Waals surface area contributed by atoms with Crippen molar-refractivity contribution in [1.29, 1.82) is 0 Å². The highest BCUT2D eigenvalue weighted by Gasteiger charge is 2.56. The fourth-order valence-corrected chi connectivity index (χ4v) is 7.84. The van der Waals surface area contributed by atoms with Gasteiger partial charge in [0, 0.05) is 12.8 Å². The lowest BCUT2D eigenvalue weighted by atomic mass is 10.1. The molecule has 0 amide bonds. The summed E-state index contributed by atoms with van der Waals surface area (Å²) in [7, 11) is -8.05. The molecule has 0 aromatic heterocycles. The number of piperazine rings is 6. The van der Waals surface area contributed by atoms with E-state index in [9.17, 15) is 25.9 Å². The van der Waals surface area contributed by atoms with Crippen molar-refractivity contribution in [3.63, 3.8) is 0 Å². The minimum atomic E-state index is -4.03. The van der Waals surface area contributed by atoms with Crippen molar-refractivity contribution in [3.05, 3.63) is 0 Å². The number of nitrogens with zero attached hydrogens (tertiary/aromatic N) is 4. The standard InChI is InChI=1S/C16H32N4O6S2.4ClH/c21-27(22,23)19-11-5-17(6-12-19,7-13-19)3-1-2-4-18-8-14-20(15-9-18,16-10-18)28(24,25)26;;;;/h1-16H2;4*1H/q+2;;;;/p-2. The molecule has 0 saturated carbocycles. The van der Waals surface area contributed by atoms with Gasteiger partial charge in [-0.05, 0) is 0 Å². The van der Waals surface area contributed by atoms with Gasteiger partial charge in [-0.2, -0.15) is 7.78 Å². The molecule has 2 N–H and O–H groups in total. The molecule has 10 nitrogen and oxygen atoms in total. The number of hydrogen-bond acceptors (Lipinski definition) is 4. The molecule has 6 aliphatic heterocycles. The molecule has 0 spiro atoms. The Balaban J connectivity index is 0.00000240. The molecule has 0 unspecified atom stereocenters. The average Bonchev–Trinajstić information content (AvgIpc) is 2.67. The fraction of sp³-hybridized carbons (Fsp3) is 1.00. The van der Waals surface area contributed by atoms with Crippen LogP contribution in [0.25, 0.3) is 0 Å². The van der Waals surface area contributed by atoms with Gasteiger partial charge in [-0.3, -0.25) is 0 Å². The van der Waals surface area contributed by atoms with Crippen LogP contribution in [0.15, 0.2) is 0 Å². The lowest BCUT2D eigenvalue weighted by Crippen LogP contribution is -3.00. The molecule has 0 aliphatic carbocycles. The highest BCUT2D eigenvalue weighted by atomic mass is 35.5. The van der Waals surface area contributed by atoms with Crippen LogP contribution in [0.2, 0.25) is 0 Å². The minimum Gasteiger partial charge on any atom is -1.00 e. The highest BCUT2D eigenvalue weighted by Crippen LogP contribution is 2.32. The number of hydrogen-bond donors (Lipinski definition) is 2. The molecule has 4 bridgehead atoms. The summed E-state index contributed by atoms with van der Waals surface area (Å²) < 4.78 is 67.7. The first-order chi connectivity index (χ1) is 12.9. The van der Waals surface area contributed by atoms with E-state index in [2.05, 4.69) is 0 Å². The molecule has 6 heterocycles. The van der Waals surface area contributed by atoms with Crippen molar-refractivity contribution in [2.75, 3.05) is 91.6 Å². The third-order valence-corrected chi connectivity index (χ3v) is 11.4. The Hall–Kier alpha value is 0.820. The molecule has 6 saturated heterocycles. The Labute approximate surface area is 216 Å². The maximum atomic E-state index is 11.7. The molecule has 16 heteroatoms. The Morgan fingerprint density at radius 1 is 0.469 bits per heavy atom. The Bertz CT molecular complexity index is 742. The van der Waals surface area contributed by atoms with Gasteiger partial charge in [0.15, 0.2) is 0 Å². The zero-order valence-corrected chi connectivity index (χ0v) is 22.6. The van der Waals surface area contributed by atoms with Crippen molar-refractivity contribution in [1.82, 2.24) is 0 Å². The van der Waals surface area contributed by atoms with Gasteiger partial charge < -0.3 is 58.6 Å². The van der Waals surface area contributed by atoms with Gasteiger partial charge in [-0.25, -0.2) is 9.11 Å². The summed E-state index contributed by atoms with van der Waals surface area (Å²) in [5.41, 5.74) is 0. The van der Waals surface area contributed by atoms with Crippen LogP contribution in [0, 0.1) is 0 Å². The summed E-state index contributed by atoms with van der Waals surface area (Å²) in [6.07, 6.45) is 2.17. The van der Waals surface area contributed by atoms with Crippen molar-refractivity contribution < 1.29 is 92.3 Å². The van der Waals surface area contributed by atoms with Crippen LogP contribution in [-0.4, -0.2) is 134 Å². The van der Waals surface area contributed by atoms with Crippen LogP contribution in [0.4, 0.5) is 0 Å². The first kappa shape index (κ1) is 32.8. The monoisotopic (exact) mass is 582 g/mol. The van der Waals surface area contributed by atoms with Gasteiger partial charge in [-0.1, -0.05) is 0 Å². The maximum Gasteiger partial charge on any atom is 0.433 e. The van der Waals surface area contributed by atoms with Crippen molar-refractivity contribution >= 4 is 20.6 Å². The van der Waals surface area contributed by atoms with Crippen LogP contribution in [0.5, 0.6) is 0 Å². The molecule has 6 rings (SSSR count). The minimum absolute atomic E-state index is 0. The van der Waals surface area contributed by atoms with Gasteiger partial charge >= 0.3 is 20.6 Å². The van der Waals surface area contributed by atoms with Crippen LogP contribution in [0.3, 0.4) is 0 Å². The number of halogens is 4. The zero-order valence-electron chi connectivity index (χ0n) is 18.0. The fourth-order valence-electron chi connectivity index (χ4n) is 5.97. The number of unbranched alkanes of at least 4 members (excludes halogenated alkanes) is 1. The van der Waals surface area contributed by atoms with E-state index in [1.165, 1.54) is 0 Å². The largest absolute Gasteiger partial charge is 1.00 e. The number of rotatable bonds is 7. The molecule has 194 valence electrons. The first-order valence-electron chi connectivity index (χ1n) is 10.3. The molecule has 6 fully saturated rings. The summed E-state index contributed by atoms with van der Waals surface area (Å²) in [4.78, 5) is 0. The Morgan fingerprint density at radius 2 is 0.688 bits per heavy atom. The summed E-state index contributed by atoms with van der Waals surface area (Å²) in [6, 6.07) is 0. The normalized spacial score (nSPS) is 37.9. The van der Waals surface area contributed by atoms with E-state index in [1.807, 2.05) is 0 Å². The van der Waals surface area contributed by atoms with E-state index in [0.29, 0.717) is 39.3 Å². The Morgan fingerprint density at radius 3 is 0.875 bits per heavy atom. The topological polar surface area (TPSA) is 109 Å². The van der Waals surface area contributed by atoms with E-state index in [-0.39, 0.29) is 57.4 Å². The SMILES string of the molecule is O=S(=O)(O)[N+]12CC[N+](CCCC[N+]34CC[N+](S(=O)(=O)O)(CC3)CC4)(CC1)CC2.[Cl-].[Cl-].[Cl-].[Cl-]. The third kappa shape index (κ3) is 5.62. The lowest BCUT2D eigenvalue weighted by molar-refractivity contribution is -1.04. The van der Waals surface area contributed by atoms with E-state index in [1.54, 1.807) is 0 Å². The van der Waals surface area contributed by atoms with Crippen molar-refractivity contribution in [2.24, 2.45) is 0 Å². The quantitative estimate of drug-likeness (QED) is 0.175. The van der Waals surface area contributed by atoms with Gasteiger partial charge in [0.05, 0.1) is 13.1 Å². The van der Waals surface area contributed by atoms with Gasteiger partial charge in [-0.15, -0.1) is 16.8 Å². The molecule has 0 aromatic rings. The first-order valence-corrected chi connectivity index (χ1v) is 13.1. The molecular formula is C16H34Cl4N4O6S2. The van der Waals surface area contributed by atoms with E-state index in [4.69, 9.17) is 0 Å². The summed E-state index contributed by atoms with van der Waals surface area (Å²) in [5.74, 6) is 0. The maximum absolute atomic E-state index is 11.7. The molecule has 0 radical (unpaired) electrons. The van der Waals surface area contributed by atoms with Crippen LogP contribution >= 0.6 is 0 Å². The second-order valence-electron chi connectivity index (χ2n) is 9.53. The van der Waals surface area contributed by atoms with Crippen molar-refractivity contribution in [3.8, 4) is 0 Å². The average molecular weight is 584 g/mol. The molecule has 32 heavy (non-hydrogen) atoms. The molecule has 0 aromatic carbocycles. The van der Waals surface area contributed by atoms with Gasteiger partial charge in [0.2, 0.25) is 0 Å². The van der Waals surface area contributed by atoms with Crippen LogP contribution in [-0.2, 0) is 20.6 Å². The second-order valence-corrected chi connectivity index (χ2v) is 12.9. The predicted octanol–water partition coefficient (Wildman–Crippen LogP) is -13.3. The van der Waals surface area contributed by atoms with E-state index < -0.39 is 20.6 Å². The van der Waals surface area contributed by atoms with Crippen molar-refractivity contribution in [2.45, 2.75) is 12.8 Å². The number of fused-ring (bicyclic) bond motifs is 6. The second kappa shape index (κ2) is 10.8.